The van der Waals surface area contributed by atoms with Crippen LogP contribution in [0.1, 0.15) is 28.4 Å². The molecule has 0 bridgehead atoms. The predicted molar refractivity (Wildman–Crippen MR) is 65.6 cm³/mol. The highest BCUT2D eigenvalue weighted by Crippen LogP contribution is 2.39. The minimum absolute atomic E-state index is 0.243. The van der Waals surface area contributed by atoms with Gasteiger partial charge in [-0.15, -0.1) is 0 Å². The van der Waals surface area contributed by atoms with Gasteiger partial charge in [-0.25, -0.2) is 13.2 Å². The number of carboxylic acid groups (broad SMARTS) is 1. The number of halogens is 3. The maximum absolute atomic E-state index is 13.2. The van der Waals surface area contributed by atoms with Crippen LogP contribution in [0.25, 0.3) is 0 Å². The van der Waals surface area contributed by atoms with Gasteiger partial charge in [-0.3, -0.25) is 0 Å². The van der Waals surface area contributed by atoms with Gasteiger partial charge < -0.3 is 5.11 Å². The highest BCUT2D eigenvalue weighted by atomic mass is 35.5. The second-order valence-electron chi connectivity index (χ2n) is 3.82. The molecule has 4 nitrogen and oxygen atoms in total. The average Bonchev–Trinajstić information content (AvgIpc) is 2.26. The maximum atomic E-state index is 13.2. The van der Waals surface area contributed by atoms with Crippen LogP contribution < -0.4 is 0 Å². The number of hydrogen-bond acceptors (Lipinski definition) is 3. The van der Waals surface area contributed by atoms with Gasteiger partial charge in [0.15, 0.2) is 9.84 Å². The van der Waals surface area contributed by atoms with E-state index in [9.17, 15) is 22.0 Å². The second kappa shape index (κ2) is 5.05. The van der Waals surface area contributed by atoms with Gasteiger partial charge in [-0.05, 0) is 36.2 Å². The number of benzene rings is 1. The molecule has 1 aromatic carbocycles. The van der Waals surface area contributed by atoms with Crippen LogP contribution in [0.3, 0.4) is 0 Å². The molecule has 0 unspecified atom stereocenters. The van der Waals surface area contributed by atoms with Crippen molar-refractivity contribution < 1.29 is 27.1 Å². The van der Waals surface area contributed by atoms with Crippen molar-refractivity contribution in [3.05, 3.63) is 28.8 Å². The molecular formula is C11H11ClF2O4S. The number of carboxylic acids is 1. The zero-order valence-corrected chi connectivity index (χ0v) is 11.6. The first kappa shape index (κ1) is 15.8. The van der Waals surface area contributed by atoms with Crippen LogP contribution in [0.15, 0.2) is 17.0 Å². The molecule has 8 heteroatoms. The summed E-state index contributed by atoms with van der Waals surface area (Å²) >= 11 is 4.89. The summed E-state index contributed by atoms with van der Waals surface area (Å²) < 4.78 is 50.3. The summed E-state index contributed by atoms with van der Waals surface area (Å²) in [5, 5.41) is 5.02. The van der Waals surface area contributed by atoms with Crippen molar-refractivity contribution in [3.63, 3.8) is 0 Å². The quantitative estimate of drug-likeness (QED) is 0.868. The minimum atomic E-state index is -4.03. The fourth-order valence-electron chi connectivity index (χ4n) is 1.69. The zero-order valence-electron chi connectivity index (χ0n) is 10.1. The van der Waals surface area contributed by atoms with Gasteiger partial charge in [0.2, 0.25) is 0 Å². The van der Waals surface area contributed by atoms with E-state index >= 15 is 0 Å². The molecule has 0 aliphatic rings. The summed E-state index contributed by atoms with van der Waals surface area (Å²) in [5.41, 5.74) is -1.50. The Labute approximate surface area is 113 Å². The van der Waals surface area contributed by atoms with E-state index in [0.29, 0.717) is 0 Å². The Morgan fingerprint density at radius 1 is 1.42 bits per heavy atom. The fraction of sp³-hybridized carbons (Fsp3) is 0.364. The van der Waals surface area contributed by atoms with E-state index in [1.54, 1.807) is 0 Å². The average molecular weight is 313 g/mol. The Kier molecular flexibility index (Phi) is 4.21. The molecule has 0 saturated heterocycles. The van der Waals surface area contributed by atoms with Gasteiger partial charge in [0.1, 0.15) is 0 Å². The monoisotopic (exact) mass is 312 g/mol. The van der Waals surface area contributed by atoms with Crippen LogP contribution in [0.2, 0.25) is 0 Å². The Morgan fingerprint density at radius 3 is 2.32 bits per heavy atom. The van der Waals surface area contributed by atoms with E-state index in [2.05, 4.69) is 0 Å². The van der Waals surface area contributed by atoms with Crippen molar-refractivity contribution in [2.24, 2.45) is 0 Å². The summed E-state index contributed by atoms with van der Waals surface area (Å²) in [5.74, 6) is -1.83. The highest BCUT2D eigenvalue weighted by molar-refractivity contribution is 7.91. The number of carbonyl (C=O) groups is 1. The van der Waals surface area contributed by atoms with E-state index in [-0.39, 0.29) is 11.1 Å². The molecular weight excluding hydrogens is 302 g/mol. The Bertz CT molecular complexity index is 620. The lowest BCUT2D eigenvalue weighted by Crippen LogP contribution is -2.17. The number of hydrogen-bond donors (Lipinski definition) is 1. The lowest BCUT2D eigenvalue weighted by atomic mass is 10.1. The molecule has 0 aromatic heterocycles. The molecule has 0 aliphatic carbocycles. The van der Waals surface area contributed by atoms with E-state index in [4.69, 9.17) is 16.7 Å². The van der Waals surface area contributed by atoms with E-state index in [0.717, 1.165) is 19.1 Å². The molecule has 1 aromatic rings. The highest BCUT2D eigenvalue weighted by Gasteiger charge is 2.36. The third-order valence-corrected chi connectivity index (χ3v) is 4.74. The van der Waals surface area contributed by atoms with Crippen LogP contribution in [0.4, 0.5) is 8.78 Å². The molecule has 0 fully saturated rings. The van der Waals surface area contributed by atoms with Gasteiger partial charge in [-0.2, -0.15) is 8.78 Å². The maximum Gasteiger partial charge on any atom is 0.349 e. The summed E-state index contributed by atoms with van der Waals surface area (Å²) in [6, 6.07) is 1.64. The Hall–Kier alpha value is -1.21. The largest absolute Gasteiger partial charge is 0.478 e. The minimum Gasteiger partial charge on any atom is -0.478 e. The molecule has 1 N–H and O–H groups in total. The molecule has 0 atom stereocenters. The molecule has 0 saturated carbocycles. The molecule has 0 spiro atoms. The Morgan fingerprint density at radius 2 is 1.95 bits per heavy atom. The summed E-state index contributed by atoms with van der Waals surface area (Å²) in [6.45, 7) is 2.44. The summed E-state index contributed by atoms with van der Waals surface area (Å²) in [6.07, 6.45) is 0. The number of sulfone groups is 1. The van der Waals surface area contributed by atoms with Gasteiger partial charge in [0.25, 0.3) is 0 Å². The van der Waals surface area contributed by atoms with Crippen LogP contribution in [0.5, 0.6) is 0 Å². The van der Waals surface area contributed by atoms with E-state index < -0.39 is 37.4 Å². The smallest absolute Gasteiger partial charge is 0.349 e. The molecule has 1 rings (SSSR count). The topological polar surface area (TPSA) is 71.4 Å². The second-order valence-corrected chi connectivity index (χ2v) is 6.51. The number of alkyl halides is 3. The Balaban J connectivity index is 3.82. The molecule has 106 valence electrons. The lowest BCUT2D eigenvalue weighted by molar-refractivity contribution is 0.0693. The fourth-order valence-corrected chi connectivity index (χ4v) is 3.30. The van der Waals surface area contributed by atoms with Crippen molar-refractivity contribution in [2.45, 2.75) is 24.1 Å². The van der Waals surface area contributed by atoms with Crippen molar-refractivity contribution in [1.29, 1.82) is 0 Å². The standard InChI is InChI=1S/C11H11ClF2O4S/c1-3-19(17,18)9-6(2)7(10(15)16)4-5-8(9)11(12,13)14/h4-5H,3H2,1-2H3,(H,15,16). The van der Waals surface area contributed by atoms with Crippen LogP contribution >= 0.6 is 11.6 Å². The van der Waals surface area contributed by atoms with Crippen LogP contribution in [-0.2, 0) is 15.2 Å². The van der Waals surface area contributed by atoms with Gasteiger partial charge >= 0.3 is 11.4 Å². The van der Waals surface area contributed by atoms with Crippen molar-refractivity contribution in [2.75, 3.05) is 5.75 Å². The molecule has 0 heterocycles. The SMILES string of the molecule is CCS(=O)(=O)c1c(C(F)(F)Cl)ccc(C(=O)O)c1C. The summed E-state index contributed by atoms with van der Waals surface area (Å²) in [4.78, 5) is 10.2. The molecule has 0 amide bonds. The van der Waals surface area contributed by atoms with Crippen LogP contribution in [-0.4, -0.2) is 25.2 Å². The lowest BCUT2D eigenvalue weighted by Gasteiger charge is -2.17. The van der Waals surface area contributed by atoms with Gasteiger partial charge in [0, 0.05) is 0 Å². The first-order valence-corrected chi connectivity index (χ1v) is 7.22. The van der Waals surface area contributed by atoms with Gasteiger partial charge in [0.05, 0.1) is 21.8 Å². The first-order chi connectivity index (χ1) is 8.52. The van der Waals surface area contributed by atoms with Crippen molar-refractivity contribution in [3.8, 4) is 0 Å². The normalized spacial score (nSPS) is 12.5. The van der Waals surface area contributed by atoms with E-state index in [1.165, 1.54) is 6.92 Å². The first-order valence-electron chi connectivity index (χ1n) is 5.19. The van der Waals surface area contributed by atoms with Gasteiger partial charge in [-0.1, -0.05) is 6.92 Å². The van der Waals surface area contributed by atoms with Crippen molar-refractivity contribution in [1.82, 2.24) is 0 Å². The molecule has 19 heavy (non-hydrogen) atoms. The van der Waals surface area contributed by atoms with E-state index in [1.807, 2.05) is 0 Å². The molecule has 0 aliphatic heterocycles. The third kappa shape index (κ3) is 3.03. The van der Waals surface area contributed by atoms with Crippen molar-refractivity contribution >= 4 is 27.4 Å². The summed E-state index contributed by atoms with van der Waals surface area (Å²) in [7, 11) is -4.03. The molecule has 0 radical (unpaired) electrons. The predicted octanol–water partition coefficient (Wildman–Crippen LogP) is 2.77. The number of rotatable bonds is 4. The third-order valence-electron chi connectivity index (χ3n) is 2.63. The zero-order chi connectivity index (χ0) is 15.0. The van der Waals surface area contributed by atoms with Crippen LogP contribution in [0, 0.1) is 6.92 Å². The number of aromatic carboxylic acids is 1.